The van der Waals surface area contributed by atoms with E-state index in [0.717, 1.165) is 70.8 Å². The number of fused-ring (bicyclic) bond motifs is 1. The van der Waals surface area contributed by atoms with Crippen LogP contribution in [0.1, 0.15) is 57.1 Å². The lowest BCUT2D eigenvalue weighted by Crippen LogP contribution is -2.44. The fraction of sp³-hybridized carbons (Fsp3) is 0.469. The minimum absolute atomic E-state index is 0.136. The van der Waals surface area contributed by atoms with Crippen molar-refractivity contribution in [2.24, 2.45) is 5.92 Å². The second-order valence-electron chi connectivity index (χ2n) is 10.1. The fourth-order valence-electron chi connectivity index (χ4n) is 5.36. The molecule has 0 saturated carbocycles. The lowest BCUT2D eigenvalue weighted by atomic mass is 9.95. The van der Waals surface area contributed by atoms with Gasteiger partial charge in [0.2, 0.25) is 5.91 Å². The Labute approximate surface area is 217 Å². The number of hydrogen-bond donors (Lipinski definition) is 0. The number of nitrogens with zero attached hydrogens (tertiary/aromatic N) is 2. The Bertz CT molecular complexity index is 1090. The van der Waals surface area contributed by atoms with Gasteiger partial charge >= 0.3 is 0 Å². The van der Waals surface area contributed by atoms with Gasteiger partial charge in [-0.1, -0.05) is 48.5 Å². The molecule has 3 aromatic rings. The van der Waals surface area contributed by atoms with E-state index in [1.165, 1.54) is 34.7 Å². The molecule has 1 fully saturated rings. The van der Waals surface area contributed by atoms with Crippen LogP contribution in [0.2, 0.25) is 0 Å². The Morgan fingerprint density at radius 1 is 0.917 bits per heavy atom. The van der Waals surface area contributed by atoms with Gasteiger partial charge in [-0.2, -0.15) is 0 Å². The Morgan fingerprint density at radius 2 is 1.69 bits per heavy atom. The number of aryl methyl sites for hydroxylation is 1. The predicted octanol–water partition coefficient (Wildman–Crippen LogP) is 6.71. The number of piperidine rings is 1. The van der Waals surface area contributed by atoms with E-state index in [1.54, 1.807) is 0 Å². The molecule has 0 aromatic heterocycles. The van der Waals surface area contributed by atoms with Gasteiger partial charge in [0.1, 0.15) is 5.75 Å². The number of rotatable bonds is 12. The van der Waals surface area contributed by atoms with Crippen molar-refractivity contribution in [3.63, 3.8) is 0 Å². The molecule has 4 heteroatoms. The zero-order valence-corrected chi connectivity index (χ0v) is 22.1. The Kier molecular flexibility index (Phi) is 9.80. The van der Waals surface area contributed by atoms with Crippen molar-refractivity contribution in [1.29, 1.82) is 0 Å². The predicted molar refractivity (Wildman–Crippen MR) is 149 cm³/mol. The van der Waals surface area contributed by atoms with Gasteiger partial charge in [-0.3, -0.25) is 9.69 Å². The lowest BCUT2D eigenvalue weighted by Gasteiger charge is -2.34. The van der Waals surface area contributed by atoms with Crippen LogP contribution in [0, 0.1) is 5.92 Å². The van der Waals surface area contributed by atoms with Crippen LogP contribution >= 0.6 is 0 Å². The van der Waals surface area contributed by atoms with E-state index in [9.17, 15) is 4.79 Å². The molecule has 3 aromatic carbocycles. The van der Waals surface area contributed by atoms with E-state index in [-0.39, 0.29) is 5.92 Å². The molecule has 0 bridgehead atoms. The summed E-state index contributed by atoms with van der Waals surface area (Å²) < 4.78 is 6.05. The van der Waals surface area contributed by atoms with E-state index in [4.69, 9.17) is 4.74 Å². The normalized spacial score (nSPS) is 16.2. The molecule has 1 unspecified atom stereocenters. The first-order chi connectivity index (χ1) is 17.7. The molecule has 1 saturated heterocycles. The number of carbonyl (C=O) groups is 1. The zero-order valence-electron chi connectivity index (χ0n) is 22.1. The van der Waals surface area contributed by atoms with E-state index in [0.29, 0.717) is 5.91 Å². The maximum atomic E-state index is 12.8. The molecule has 1 heterocycles. The summed E-state index contributed by atoms with van der Waals surface area (Å²) in [6, 6.07) is 23.9. The molecule has 4 nitrogen and oxygen atoms in total. The van der Waals surface area contributed by atoms with E-state index in [1.807, 2.05) is 4.90 Å². The molecular weight excluding hydrogens is 444 g/mol. The highest BCUT2D eigenvalue weighted by Crippen LogP contribution is 2.25. The third-order valence-corrected chi connectivity index (χ3v) is 7.43. The summed E-state index contributed by atoms with van der Waals surface area (Å²) in [5.41, 5.74) is 2.73. The van der Waals surface area contributed by atoms with Crippen molar-refractivity contribution in [2.45, 2.75) is 58.9 Å². The average Bonchev–Trinajstić information content (AvgIpc) is 2.92. The first-order valence-electron chi connectivity index (χ1n) is 13.9. The Balaban J connectivity index is 1.24. The van der Waals surface area contributed by atoms with Crippen molar-refractivity contribution in [2.75, 3.05) is 32.8 Å². The van der Waals surface area contributed by atoms with Crippen LogP contribution < -0.4 is 4.74 Å². The Morgan fingerprint density at radius 3 is 2.50 bits per heavy atom. The lowest BCUT2D eigenvalue weighted by molar-refractivity contribution is -0.137. The highest BCUT2D eigenvalue weighted by atomic mass is 16.5. The minimum atomic E-state index is 0.136. The van der Waals surface area contributed by atoms with Crippen molar-refractivity contribution >= 4 is 16.7 Å². The number of ether oxygens (including phenoxy) is 1. The molecule has 0 radical (unpaired) electrons. The summed E-state index contributed by atoms with van der Waals surface area (Å²) in [6.07, 6.45) is 6.72. The first kappa shape index (κ1) is 26.2. The van der Waals surface area contributed by atoms with E-state index in [2.05, 4.69) is 85.5 Å². The molecule has 0 N–H and O–H groups in total. The van der Waals surface area contributed by atoms with Gasteiger partial charge in [0, 0.05) is 26.2 Å². The third-order valence-electron chi connectivity index (χ3n) is 7.43. The summed E-state index contributed by atoms with van der Waals surface area (Å²) in [5, 5.41) is 2.46. The minimum Gasteiger partial charge on any atom is -0.494 e. The molecule has 1 amide bonds. The number of hydrogen-bond acceptors (Lipinski definition) is 3. The zero-order chi connectivity index (χ0) is 25.2. The average molecular weight is 487 g/mol. The van der Waals surface area contributed by atoms with Gasteiger partial charge < -0.3 is 9.64 Å². The third kappa shape index (κ3) is 7.33. The van der Waals surface area contributed by atoms with Crippen LogP contribution in [-0.2, 0) is 17.8 Å². The summed E-state index contributed by atoms with van der Waals surface area (Å²) >= 11 is 0. The summed E-state index contributed by atoms with van der Waals surface area (Å²) in [7, 11) is 0. The van der Waals surface area contributed by atoms with Gasteiger partial charge in [0.15, 0.2) is 0 Å². The second-order valence-corrected chi connectivity index (χ2v) is 10.1. The smallest absolute Gasteiger partial charge is 0.226 e. The van der Waals surface area contributed by atoms with Crippen LogP contribution in [0.25, 0.3) is 10.8 Å². The maximum Gasteiger partial charge on any atom is 0.226 e. The first-order valence-corrected chi connectivity index (χ1v) is 13.9. The summed E-state index contributed by atoms with van der Waals surface area (Å²) in [5.74, 6) is 1.41. The monoisotopic (exact) mass is 486 g/mol. The number of carbonyl (C=O) groups excluding carboxylic acids is 1. The van der Waals surface area contributed by atoms with Gasteiger partial charge in [-0.05, 0) is 99.0 Å². The molecular formula is C32H42N2O2. The molecule has 36 heavy (non-hydrogen) atoms. The molecule has 1 atom stereocenters. The van der Waals surface area contributed by atoms with Crippen LogP contribution in [-0.4, -0.2) is 48.5 Å². The van der Waals surface area contributed by atoms with Gasteiger partial charge in [0.05, 0.1) is 12.5 Å². The maximum absolute atomic E-state index is 12.8. The van der Waals surface area contributed by atoms with Crippen molar-refractivity contribution in [1.82, 2.24) is 9.80 Å². The van der Waals surface area contributed by atoms with Gasteiger partial charge in [-0.25, -0.2) is 0 Å². The van der Waals surface area contributed by atoms with Crippen molar-refractivity contribution in [3.05, 3.63) is 77.9 Å². The number of benzene rings is 3. The van der Waals surface area contributed by atoms with Crippen LogP contribution in [0.4, 0.5) is 0 Å². The molecule has 192 valence electrons. The number of likely N-dealkylation sites (tertiary alicyclic amines) is 1. The second kappa shape index (κ2) is 13.5. The molecule has 0 aliphatic carbocycles. The van der Waals surface area contributed by atoms with E-state index >= 15 is 0 Å². The summed E-state index contributed by atoms with van der Waals surface area (Å²) in [6.45, 7) is 9.35. The largest absolute Gasteiger partial charge is 0.494 e. The SMILES string of the molecule is CCN(CC)C(=O)C1CCCN(Cc2ccc3cc(OCCCCCc4ccccc4)ccc3c2)C1. The van der Waals surface area contributed by atoms with Gasteiger partial charge in [0.25, 0.3) is 0 Å². The van der Waals surface area contributed by atoms with Gasteiger partial charge in [-0.15, -0.1) is 0 Å². The standard InChI is InChI=1S/C32H42N2O2/c1-3-34(4-2)32(35)30-15-11-20-33(25-30)24-27-16-17-29-23-31(19-18-28(29)22-27)36-21-10-6-9-14-26-12-7-5-8-13-26/h5,7-8,12-13,16-19,22-23,30H,3-4,6,9-11,14-15,20-21,24-25H2,1-2H3. The number of amides is 1. The molecule has 4 rings (SSSR count). The van der Waals surface area contributed by atoms with Crippen LogP contribution in [0.3, 0.4) is 0 Å². The quantitative estimate of drug-likeness (QED) is 0.267. The topological polar surface area (TPSA) is 32.8 Å². The molecule has 0 spiro atoms. The highest BCUT2D eigenvalue weighted by Gasteiger charge is 2.28. The number of unbranched alkanes of at least 4 members (excludes halogenated alkanes) is 2. The van der Waals surface area contributed by atoms with Crippen LogP contribution in [0.5, 0.6) is 5.75 Å². The van der Waals surface area contributed by atoms with Crippen molar-refractivity contribution in [3.8, 4) is 5.75 Å². The highest BCUT2D eigenvalue weighted by molar-refractivity contribution is 5.84. The van der Waals surface area contributed by atoms with Crippen LogP contribution in [0.15, 0.2) is 66.7 Å². The molecule has 1 aliphatic rings. The molecule has 1 aliphatic heterocycles. The Hall–Kier alpha value is -2.85. The fourth-order valence-corrected chi connectivity index (χ4v) is 5.36. The summed E-state index contributed by atoms with van der Waals surface area (Å²) in [4.78, 5) is 17.3. The van der Waals surface area contributed by atoms with E-state index < -0.39 is 0 Å². The van der Waals surface area contributed by atoms with Crippen molar-refractivity contribution < 1.29 is 9.53 Å².